The van der Waals surface area contributed by atoms with E-state index >= 15 is 0 Å². The third-order valence-electron chi connectivity index (χ3n) is 2.07. The van der Waals surface area contributed by atoms with Crippen LogP contribution >= 0.6 is 15.9 Å². The summed E-state index contributed by atoms with van der Waals surface area (Å²) in [5.74, 6) is 6.49. The molecule has 3 N–H and O–H groups in total. The van der Waals surface area contributed by atoms with Crippen molar-refractivity contribution < 1.29 is 4.74 Å². The van der Waals surface area contributed by atoms with E-state index in [0.717, 1.165) is 15.9 Å². The van der Waals surface area contributed by atoms with E-state index in [-0.39, 0.29) is 0 Å². The van der Waals surface area contributed by atoms with Crippen molar-refractivity contribution in [3.63, 3.8) is 0 Å². The molecular weight excluding hydrogens is 284 g/mol. The zero-order valence-corrected chi connectivity index (χ0v) is 10.5. The Hall–Kier alpha value is -1.66. The first-order valence-corrected chi connectivity index (χ1v) is 5.74. The zero-order chi connectivity index (χ0) is 12.1. The smallest absolute Gasteiger partial charge is 0.158 e. The number of para-hydroxylation sites is 1. The first-order chi connectivity index (χ1) is 8.29. The van der Waals surface area contributed by atoms with E-state index < -0.39 is 0 Å². The van der Waals surface area contributed by atoms with Crippen molar-refractivity contribution in [2.45, 2.75) is 6.61 Å². The molecule has 88 valence electrons. The van der Waals surface area contributed by atoms with Gasteiger partial charge in [0.05, 0.1) is 22.6 Å². The monoisotopic (exact) mass is 294 g/mol. The number of hydrogen-bond donors (Lipinski definition) is 2. The average molecular weight is 295 g/mol. The maximum absolute atomic E-state index is 5.60. The van der Waals surface area contributed by atoms with Crippen LogP contribution < -0.4 is 16.0 Å². The minimum atomic E-state index is 0.362. The third-order valence-corrected chi connectivity index (χ3v) is 2.72. The molecule has 0 unspecified atom stereocenters. The van der Waals surface area contributed by atoms with Gasteiger partial charge in [0, 0.05) is 0 Å². The van der Waals surface area contributed by atoms with E-state index in [2.05, 4.69) is 31.3 Å². The molecule has 17 heavy (non-hydrogen) atoms. The number of hydrogen-bond acceptors (Lipinski definition) is 5. The lowest BCUT2D eigenvalue weighted by atomic mass is 10.3. The van der Waals surface area contributed by atoms with Gasteiger partial charge in [-0.25, -0.2) is 10.8 Å². The van der Waals surface area contributed by atoms with Gasteiger partial charge in [-0.2, -0.15) is 0 Å². The topological polar surface area (TPSA) is 73.1 Å². The maximum atomic E-state index is 5.60. The second-order valence-electron chi connectivity index (χ2n) is 3.26. The van der Waals surface area contributed by atoms with Crippen LogP contribution in [0.5, 0.6) is 5.75 Å². The molecule has 1 heterocycles. The standard InChI is InChI=1S/C11H11BrN4O/c12-9-3-1-2-4-10(9)17-7-8-5-15-11(16-13)6-14-8/h1-6H,7,13H2,(H,15,16). The Kier molecular flexibility index (Phi) is 3.89. The number of nitrogens with one attached hydrogen (secondary N) is 1. The van der Waals surface area contributed by atoms with Crippen molar-refractivity contribution in [2.75, 3.05) is 5.43 Å². The highest BCUT2D eigenvalue weighted by atomic mass is 79.9. The van der Waals surface area contributed by atoms with Gasteiger partial charge in [0.1, 0.15) is 12.4 Å². The van der Waals surface area contributed by atoms with Crippen LogP contribution in [0.2, 0.25) is 0 Å². The number of halogens is 1. The minimum Gasteiger partial charge on any atom is -0.486 e. The highest BCUT2D eigenvalue weighted by molar-refractivity contribution is 9.10. The molecule has 2 aromatic rings. The Labute approximate surface area is 107 Å². The summed E-state index contributed by atoms with van der Waals surface area (Å²) in [4.78, 5) is 8.19. The van der Waals surface area contributed by atoms with Crippen LogP contribution in [0.1, 0.15) is 5.69 Å². The van der Waals surface area contributed by atoms with Gasteiger partial charge in [-0.3, -0.25) is 4.98 Å². The molecule has 1 aromatic carbocycles. The molecule has 0 aliphatic rings. The summed E-state index contributed by atoms with van der Waals surface area (Å²) >= 11 is 3.41. The van der Waals surface area contributed by atoms with E-state index in [1.165, 1.54) is 0 Å². The first-order valence-electron chi connectivity index (χ1n) is 4.94. The normalized spacial score (nSPS) is 10.0. The van der Waals surface area contributed by atoms with Crippen molar-refractivity contribution in [3.05, 3.63) is 46.8 Å². The molecule has 0 saturated carbocycles. The third kappa shape index (κ3) is 3.15. The summed E-state index contributed by atoms with van der Waals surface area (Å²) in [5.41, 5.74) is 3.15. The maximum Gasteiger partial charge on any atom is 0.158 e. The van der Waals surface area contributed by atoms with Gasteiger partial charge in [-0.15, -0.1) is 0 Å². The lowest BCUT2D eigenvalue weighted by Crippen LogP contribution is -2.09. The number of ether oxygens (including phenoxy) is 1. The Balaban J connectivity index is 2.00. The van der Waals surface area contributed by atoms with Gasteiger partial charge in [0.25, 0.3) is 0 Å². The zero-order valence-electron chi connectivity index (χ0n) is 8.93. The second-order valence-corrected chi connectivity index (χ2v) is 4.11. The van der Waals surface area contributed by atoms with E-state index in [0.29, 0.717) is 12.4 Å². The molecular formula is C11H11BrN4O. The summed E-state index contributed by atoms with van der Waals surface area (Å²) in [6.45, 7) is 0.362. The Morgan fingerprint density at radius 1 is 1.24 bits per heavy atom. The molecule has 0 bridgehead atoms. The number of nitrogens with two attached hydrogens (primary N) is 1. The number of nitrogen functional groups attached to an aromatic ring is 1. The van der Waals surface area contributed by atoms with Crippen molar-refractivity contribution in [2.24, 2.45) is 5.84 Å². The Bertz CT molecular complexity index is 489. The molecule has 6 heteroatoms. The number of rotatable bonds is 4. The largest absolute Gasteiger partial charge is 0.486 e. The molecule has 0 fully saturated rings. The summed E-state index contributed by atoms with van der Waals surface area (Å²) < 4.78 is 6.51. The van der Waals surface area contributed by atoms with Crippen molar-refractivity contribution in [1.29, 1.82) is 0 Å². The van der Waals surface area contributed by atoms with Crippen LogP contribution in [0, 0.1) is 0 Å². The Morgan fingerprint density at radius 3 is 2.71 bits per heavy atom. The minimum absolute atomic E-state index is 0.362. The molecule has 0 saturated heterocycles. The summed E-state index contributed by atoms with van der Waals surface area (Å²) in [6, 6.07) is 7.64. The number of benzene rings is 1. The quantitative estimate of drug-likeness (QED) is 0.667. The van der Waals surface area contributed by atoms with Crippen LogP contribution in [0.3, 0.4) is 0 Å². The fourth-order valence-electron chi connectivity index (χ4n) is 1.22. The van der Waals surface area contributed by atoms with Gasteiger partial charge in [-0.05, 0) is 28.1 Å². The van der Waals surface area contributed by atoms with Gasteiger partial charge in [0.2, 0.25) is 0 Å². The molecule has 2 rings (SSSR count). The van der Waals surface area contributed by atoms with E-state index in [1.807, 2.05) is 24.3 Å². The molecule has 0 spiro atoms. The summed E-state index contributed by atoms with van der Waals surface area (Å²) in [6.07, 6.45) is 3.17. The lowest BCUT2D eigenvalue weighted by molar-refractivity contribution is 0.299. The van der Waals surface area contributed by atoms with Crippen LogP contribution in [-0.2, 0) is 6.61 Å². The highest BCUT2D eigenvalue weighted by Gasteiger charge is 2.01. The highest BCUT2D eigenvalue weighted by Crippen LogP contribution is 2.24. The predicted octanol–water partition coefficient (Wildman–Crippen LogP) is 2.10. The van der Waals surface area contributed by atoms with Crippen molar-refractivity contribution >= 4 is 21.7 Å². The summed E-state index contributed by atoms with van der Waals surface area (Å²) in [5, 5.41) is 0. The molecule has 0 aliphatic heterocycles. The average Bonchev–Trinajstić information content (AvgIpc) is 2.38. The molecule has 0 atom stereocenters. The number of anilines is 1. The van der Waals surface area contributed by atoms with Gasteiger partial charge >= 0.3 is 0 Å². The van der Waals surface area contributed by atoms with E-state index in [4.69, 9.17) is 10.6 Å². The fraction of sp³-hybridized carbons (Fsp3) is 0.0909. The number of aromatic nitrogens is 2. The fourth-order valence-corrected chi connectivity index (χ4v) is 1.62. The van der Waals surface area contributed by atoms with Crippen LogP contribution in [0.25, 0.3) is 0 Å². The van der Waals surface area contributed by atoms with E-state index in [9.17, 15) is 0 Å². The number of nitrogens with zero attached hydrogens (tertiary/aromatic N) is 2. The molecule has 5 nitrogen and oxygen atoms in total. The van der Waals surface area contributed by atoms with Gasteiger partial charge in [0.15, 0.2) is 5.82 Å². The second kappa shape index (κ2) is 5.60. The molecule has 0 aliphatic carbocycles. The Morgan fingerprint density at radius 2 is 2.06 bits per heavy atom. The van der Waals surface area contributed by atoms with Gasteiger partial charge in [-0.1, -0.05) is 12.1 Å². The number of hydrazine groups is 1. The first kappa shape index (κ1) is 11.8. The van der Waals surface area contributed by atoms with Crippen molar-refractivity contribution in [1.82, 2.24) is 9.97 Å². The van der Waals surface area contributed by atoms with E-state index in [1.54, 1.807) is 12.4 Å². The SMILES string of the molecule is NNc1cnc(COc2ccccc2Br)cn1. The molecule has 1 aromatic heterocycles. The lowest BCUT2D eigenvalue weighted by Gasteiger charge is -2.07. The predicted molar refractivity (Wildman–Crippen MR) is 68.3 cm³/mol. The van der Waals surface area contributed by atoms with Gasteiger partial charge < -0.3 is 10.2 Å². The van der Waals surface area contributed by atoms with Crippen molar-refractivity contribution in [3.8, 4) is 5.75 Å². The van der Waals surface area contributed by atoms with Crippen LogP contribution in [-0.4, -0.2) is 9.97 Å². The van der Waals surface area contributed by atoms with Crippen LogP contribution in [0.15, 0.2) is 41.1 Å². The van der Waals surface area contributed by atoms with Crippen LogP contribution in [0.4, 0.5) is 5.82 Å². The molecule has 0 amide bonds. The molecule has 0 radical (unpaired) electrons. The summed E-state index contributed by atoms with van der Waals surface area (Å²) in [7, 11) is 0.